The molecule has 1 aromatic heterocycles. The van der Waals surface area contributed by atoms with Crippen LogP contribution in [0, 0.1) is 0 Å². The maximum atomic E-state index is 10.7. The van der Waals surface area contributed by atoms with E-state index in [4.69, 9.17) is 9.84 Å². The third-order valence-corrected chi connectivity index (χ3v) is 3.93. The fourth-order valence-electron chi connectivity index (χ4n) is 1.92. The van der Waals surface area contributed by atoms with Crippen molar-refractivity contribution in [2.45, 2.75) is 12.8 Å². The number of aromatic nitrogens is 2. The molecule has 0 unspecified atom stereocenters. The Balaban J connectivity index is 2.36. The second-order valence-corrected chi connectivity index (χ2v) is 5.10. The van der Waals surface area contributed by atoms with Gasteiger partial charge >= 0.3 is 5.97 Å². The number of aryl methyl sites for hydroxylation is 1. The maximum absolute atomic E-state index is 10.7. The van der Waals surface area contributed by atoms with Crippen LogP contribution >= 0.6 is 15.9 Å². The molecule has 0 saturated heterocycles. The van der Waals surface area contributed by atoms with Crippen LogP contribution in [0.5, 0.6) is 5.75 Å². The predicted octanol–water partition coefficient (Wildman–Crippen LogP) is 2.88. The lowest BCUT2D eigenvalue weighted by Gasteiger charge is -2.02. The number of aliphatic carboxylic acids is 1. The van der Waals surface area contributed by atoms with Gasteiger partial charge in [-0.1, -0.05) is 12.1 Å². The van der Waals surface area contributed by atoms with Gasteiger partial charge in [0.1, 0.15) is 21.9 Å². The molecule has 0 saturated carbocycles. The largest absolute Gasteiger partial charge is 0.497 e. The van der Waals surface area contributed by atoms with Gasteiger partial charge in [0.25, 0.3) is 0 Å². The predicted molar refractivity (Wildman–Crippen MR) is 78.9 cm³/mol. The molecular formula is C14H15BrN2O3. The highest BCUT2D eigenvalue weighted by atomic mass is 79.9. The highest BCUT2D eigenvalue weighted by Gasteiger charge is 2.15. The SMILES string of the molecule is COc1cccc(-c2nc(CCC(=O)O)n(C)c2Br)c1. The zero-order valence-electron chi connectivity index (χ0n) is 11.3. The van der Waals surface area contributed by atoms with Gasteiger partial charge in [-0.25, -0.2) is 4.98 Å². The van der Waals surface area contributed by atoms with Crippen LogP contribution < -0.4 is 4.74 Å². The van der Waals surface area contributed by atoms with Crippen LogP contribution in [0.2, 0.25) is 0 Å². The van der Waals surface area contributed by atoms with Crippen molar-refractivity contribution < 1.29 is 14.6 Å². The molecule has 0 aliphatic carbocycles. The molecule has 0 fully saturated rings. The van der Waals surface area contributed by atoms with Crippen LogP contribution in [0.4, 0.5) is 0 Å². The summed E-state index contributed by atoms with van der Waals surface area (Å²) in [5.74, 6) is 0.663. The fourth-order valence-corrected chi connectivity index (χ4v) is 2.44. The molecule has 2 aromatic rings. The molecule has 0 radical (unpaired) electrons. The molecular weight excluding hydrogens is 324 g/mol. The molecule has 1 heterocycles. The minimum absolute atomic E-state index is 0.0643. The Bertz CT molecular complexity index is 637. The zero-order valence-corrected chi connectivity index (χ0v) is 12.8. The summed E-state index contributed by atoms with van der Waals surface area (Å²) in [7, 11) is 3.48. The van der Waals surface area contributed by atoms with E-state index in [1.807, 2.05) is 35.9 Å². The van der Waals surface area contributed by atoms with Crippen molar-refractivity contribution in [1.82, 2.24) is 9.55 Å². The van der Waals surface area contributed by atoms with Crippen molar-refractivity contribution in [1.29, 1.82) is 0 Å². The van der Waals surface area contributed by atoms with Gasteiger partial charge in [-0.2, -0.15) is 0 Å². The van der Waals surface area contributed by atoms with Crippen LogP contribution in [-0.2, 0) is 18.3 Å². The van der Waals surface area contributed by atoms with Crippen molar-refractivity contribution in [3.63, 3.8) is 0 Å². The van der Waals surface area contributed by atoms with E-state index >= 15 is 0 Å². The summed E-state index contributed by atoms with van der Waals surface area (Å²) in [5, 5.41) is 8.76. The number of ether oxygens (including phenoxy) is 1. The quantitative estimate of drug-likeness (QED) is 0.910. The van der Waals surface area contributed by atoms with Crippen LogP contribution in [0.3, 0.4) is 0 Å². The lowest BCUT2D eigenvalue weighted by molar-refractivity contribution is -0.137. The van der Waals surface area contributed by atoms with E-state index in [-0.39, 0.29) is 6.42 Å². The Labute approximate surface area is 125 Å². The summed E-state index contributed by atoms with van der Waals surface area (Å²) in [6.45, 7) is 0. The summed E-state index contributed by atoms with van der Waals surface area (Å²) in [6.07, 6.45) is 0.462. The lowest BCUT2D eigenvalue weighted by atomic mass is 10.1. The van der Waals surface area contributed by atoms with Gasteiger partial charge in [0, 0.05) is 19.0 Å². The van der Waals surface area contributed by atoms with Crippen LogP contribution in [0.15, 0.2) is 28.9 Å². The van der Waals surface area contributed by atoms with Crippen LogP contribution in [0.25, 0.3) is 11.3 Å². The van der Waals surface area contributed by atoms with E-state index in [1.165, 1.54) is 0 Å². The first-order chi connectivity index (χ1) is 9.52. The maximum Gasteiger partial charge on any atom is 0.303 e. The molecule has 1 N–H and O–H groups in total. The van der Waals surface area contributed by atoms with E-state index in [0.29, 0.717) is 6.42 Å². The topological polar surface area (TPSA) is 64.3 Å². The number of methoxy groups -OCH3 is 1. The zero-order chi connectivity index (χ0) is 14.7. The number of halogens is 1. The Morgan fingerprint density at radius 2 is 2.25 bits per heavy atom. The van der Waals surface area contributed by atoms with Crippen LogP contribution in [-0.4, -0.2) is 27.7 Å². The van der Waals surface area contributed by atoms with E-state index in [2.05, 4.69) is 20.9 Å². The molecule has 1 aromatic carbocycles. The third kappa shape index (κ3) is 3.01. The van der Waals surface area contributed by atoms with Crippen LogP contribution in [0.1, 0.15) is 12.2 Å². The number of hydrogen-bond donors (Lipinski definition) is 1. The molecule has 0 amide bonds. The molecule has 2 rings (SSSR count). The number of carboxylic acid groups (broad SMARTS) is 1. The van der Waals surface area contributed by atoms with Gasteiger partial charge in [-0.3, -0.25) is 4.79 Å². The number of carbonyl (C=O) groups is 1. The van der Waals surface area contributed by atoms with E-state index in [0.717, 1.165) is 27.4 Å². The van der Waals surface area contributed by atoms with Gasteiger partial charge < -0.3 is 14.4 Å². The summed E-state index contributed by atoms with van der Waals surface area (Å²) in [4.78, 5) is 15.2. The fraction of sp³-hybridized carbons (Fsp3) is 0.286. The van der Waals surface area contributed by atoms with E-state index in [1.54, 1.807) is 7.11 Å². The number of hydrogen-bond acceptors (Lipinski definition) is 3. The van der Waals surface area contributed by atoms with E-state index in [9.17, 15) is 4.79 Å². The average Bonchev–Trinajstić information content (AvgIpc) is 2.73. The second-order valence-electron chi connectivity index (χ2n) is 4.35. The molecule has 0 aliphatic heterocycles. The monoisotopic (exact) mass is 338 g/mol. The molecule has 0 atom stereocenters. The van der Waals surface area contributed by atoms with Crippen molar-refractivity contribution in [3.8, 4) is 17.0 Å². The lowest BCUT2D eigenvalue weighted by Crippen LogP contribution is -2.03. The highest BCUT2D eigenvalue weighted by Crippen LogP contribution is 2.30. The molecule has 106 valence electrons. The van der Waals surface area contributed by atoms with Crippen molar-refractivity contribution in [3.05, 3.63) is 34.7 Å². The normalized spacial score (nSPS) is 10.6. The summed E-state index contributed by atoms with van der Waals surface area (Å²) in [6, 6.07) is 7.60. The molecule has 0 aliphatic rings. The number of nitrogens with zero attached hydrogens (tertiary/aromatic N) is 2. The Hall–Kier alpha value is -1.82. The van der Waals surface area contributed by atoms with Gasteiger partial charge in [0.05, 0.1) is 13.5 Å². The van der Waals surface area contributed by atoms with Crippen molar-refractivity contribution in [2.24, 2.45) is 7.05 Å². The molecule has 0 spiro atoms. The molecule has 5 nitrogen and oxygen atoms in total. The summed E-state index contributed by atoms with van der Waals surface area (Å²) < 4.78 is 7.89. The number of carboxylic acids is 1. The molecule has 0 bridgehead atoms. The Morgan fingerprint density at radius 1 is 1.50 bits per heavy atom. The minimum Gasteiger partial charge on any atom is -0.497 e. The standard InChI is InChI=1S/C14H15BrN2O3/c1-17-11(6-7-12(18)19)16-13(14(17)15)9-4-3-5-10(8-9)20-2/h3-5,8H,6-7H2,1-2H3,(H,18,19). The van der Waals surface area contributed by atoms with Gasteiger partial charge in [-0.15, -0.1) is 0 Å². The number of imidazole rings is 1. The van der Waals surface area contributed by atoms with E-state index < -0.39 is 5.97 Å². The number of rotatable bonds is 5. The highest BCUT2D eigenvalue weighted by molar-refractivity contribution is 9.10. The smallest absolute Gasteiger partial charge is 0.303 e. The average molecular weight is 339 g/mol. The van der Waals surface area contributed by atoms with Gasteiger partial charge in [-0.05, 0) is 28.1 Å². The molecule has 6 heteroatoms. The Morgan fingerprint density at radius 3 is 2.90 bits per heavy atom. The first kappa shape index (κ1) is 14.6. The van der Waals surface area contributed by atoms with Gasteiger partial charge in [0.15, 0.2) is 0 Å². The number of benzene rings is 1. The first-order valence-corrected chi connectivity index (χ1v) is 6.89. The van der Waals surface area contributed by atoms with Crippen molar-refractivity contribution in [2.75, 3.05) is 7.11 Å². The molecule has 20 heavy (non-hydrogen) atoms. The summed E-state index contributed by atoms with van der Waals surface area (Å²) in [5.41, 5.74) is 1.71. The first-order valence-electron chi connectivity index (χ1n) is 6.10. The van der Waals surface area contributed by atoms with Gasteiger partial charge in [0.2, 0.25) is 0 Å². The van der Waals surface area contributed by atoms with Crippen molar-refractivity contribution >= 4 is 21.9 Å². The second kappa shape index (κ2) is 6.09. The summed E-state index contributed by atoms with van der Waals surface area (Å²) >= 11 is 3.50. The minimum atomic E-state index is -0.827. The Kier molecular flexibility index (Phi) is 4.44. The third-order valence-electron chi connectivity index (χ3n) is 3.02.